The van der Waals surface area contributed by atoms with Gasteiger partial charge in [-0.05, 0) is 24.8 Å². The molecule has 1 aliphatic heterocycles. The molecule has 0 bridgehead atoms. The number of fused-ring (bicyclic) bond motifs is 2. The van der Waals surface area contributed by atoms with E-state index in [1.807, 2.05) is 16.6 Å². The number of likely N-dealkylation sites (N-methyl/N-ethyl adjacent to an activating group) is 1. The molecule has 0 saturated heterocycles. The highest BCUT2D eigenvalue weighted by Gasteiger charge is 2.50. The van der Waals surface area contributed by atoms with Crippen LogP contribution in [-0.4, -0.2) is 34.2 Å². The molecule has 17 heavy (non-hydrogen) atoms. The number of amides is 1. The molecule has 0 unspecified atom stereocenters. The predicted molar refractivity (Wildman–Crippen MR) is 64.9 cm³/mol. The molecule has 0 N–H and O–H groups in total. The number of hydrogen-bond donors (Lipinski definition) is 0. The topological polar surface area (TPSA) is 38.1 Å². The second kappa shape index (κ2) is 3.34. The van der Waals surface area contributed by atoms with Crippen molar-refractivity contribution in [2.75, 3.05) is 13.6 Å². The van der Waals surface area contributed by atoms with Crippen molar-refractivity contribution < 1.29 is 4.79 Å². The summed E-state index contributed by atoms with van der Waals surface area (Å²) in [5.41, 5.74) is 2.60. The Bertz CT molecular complexity index is 471. The van der Waals surface area contributed by atoms with Crippen LogP contribution in [0, 0.1) is 0 Å². The third kappa shape index (κ3) is 1.58. The van der Waals surface area contributed by atoms with Gasteiger partial charge in [-0.25, -0.2) is 0 Å². The van der Waals surface area contributed by atoms with Gasteiger partial charge < -0.3 is 4.90 Å². The highest BCUT2D eigenvalue weighted by molar-refractivity contribution is 5.76. The van der Waals surface area contributed by atoms with Gasteiger partial charge in [0.15, 0.2) is 0 Å². The fourth-order valence-electron chi connectivity index (χ4n) is 2.70. The van der Waals surface area contributed by atoms with E-state index in [1.165, 1.54) is 18.5 Å². The predicted octanol–water partition coefficient (Wildman–Crippen LogP) is 1.51. The number of rotatable bonds is 1. The number of nitrogens with zero attached hydrogens (tertiary/aromatic N) is 3. The molecule has 1 saturated carbocycles. The molecule has 2 heterocycles. The molecule has 3 rings (SSSR count). The molecule has 0 atom stereocenters. The zero-order valence-electron chi connectivity index (χ0n) is 10.7. The number of carbonyl (C=O) groups is 1. The summed E-state index contributed by atoms with van der Waals surface area (Å²) in [4.78, 5) is 13.8. The minimum absolute atomic E-state index is 0.174. The third-order valence-corrected chi connectivity index (χ3v) is 4.04. The average molecular weight is 233 g/mol. The van der Waals surface area contributed by atoms with Crippen LogP contribution in [0.2, 0.25) is 0 Å². The van der Waals surface area contributed by atoms with E-state index >= 15 is 0 Å². The zero-order valence-corrected chi connectivity index (χ0v) is 10.7. The first-order valence-corrected chi connectivity index (χ1v) is 6.34. The molecule has 1 aromatic heterocycles. The van der Waals surface area contributed by atoms with Crippen LogP contribution < -0.4 is 0 Å². The summed E-state index contributed by atoms with van der Waals surface area (Å²) in [7, 11) is 1.90. The number of aromatic nitrogens is 2. The third-order valence-electron chi connectivity index (χ3n) is 4.04. The van der Waals surface area contributed by atoms with Gasteiger partial charge in [0.25, 0.3) is 0 Å². The van der Waals surface area contributed by atoms with Crippen molar-refractivity contribution in [1.29, 1.82) is 0 Å². The maximum absolute atomic E-state index is 11.9. The fraction of sp³-hybridized carbons (Fsp3) is 0.692. The summed E-state index contributed by atoms with van der Waals surface area (Å²) in [5.74, 6) is 0.603. The molecule has 1 spiro atoms. The second-order valence-electron chi connectivity index (χ2n) is 5.80. The van der Waals surface area contributed by atoms with E-state index < -0.39 is 0 Å². The maximum atomic E-state index is 11.9. The summed E-state index contributed by atoms with van der Waals surface area (Å²) in [6, 6.07) is 2.21. The van der Waals surface area contributed by atoms with Gasteiger partial charge in [0.1, 0.15) is 6.54 Å². The van der Waals surface area contributed by atoms with Gasteiger partial charge in [0, 0.05) is 24.7 Å². The van der Waals surface area contributed by atoms with Crippen LogP contribution in [0.5, 0.6) is 0 Å². The van der Waals surface area contributed by atoms with Crippen molar-refractivity contribution in [1.82, 2.24) is 14.7 Å². The summed E-state index contributed by atoms with van der Waals surface area (Å²) in [6.45, 7) is 5.56. The molecule has 4 nitrogen and oxygen atoms in total. The monoisotopic (exact) mass is 233 g/mol. The largest absolute Gasteiger partial charge is 0.343 e. The van der Waals surface area contributed by atoms with E-state index in [0.29, 0.717) is 12.5 Å². The average Bonchev–Trinajstić information content (AvgIpc) is 2.91. The van der Waals surface area contributed by atoms with Crippen LogP contribution in [-0.2, 0) is 16.8 Å². The van der Waals surface area contributed by atoms with E-state index in [2.05, 4.69) is 25.0 Å². The van der Waals surface area contributed by atoms with Crippen LogP contribution in [0.1, 0.15) is 44.0 Å². The standard InChI is InChI=1S/C13H19N3O/c1-9(2)10-6-11-13(4-5-13)8-15(3)12(17)7-16(11)14-10/h6,9H,4-5,7-8H2,1-3H3. The molecule has 1 aliphatic carbocycles. The van der Waals surface area contributed by atoms with Gasteiger partial charge in [-0.3, -0.25) is 9.48 Å². The Kier molecular flexibility index (Phi) is 2.12. The normalized spacial score (nSPS) is 21.9. The lowest BCUT2D eigenvalue weighted by Crippen LogP contribution is -2.32. The molecule has 1 amide bonds. The Balaban J connectivity index is 2.06. The number of carbonyl (C=O) groups excluding carboxylic acids is 1. The Labute approximate surface area is 102 Å². The van der Waals surface area contributed by atoms with Gasteiger partial charge in [-0.2, -0.15) is 5.10 Å². The lowest BCUT2D eigenvalue weighted by atomic mass is 10.0. The first-order chi connectivity index (χ1) is 8.02. The van der Waals surface area contributed by atoms with Gasteiger partial charge in [-0.15, -0.1) is 0 Å². The highest BCUT2D eigenvalue weighted by atomic mass is 16.2. The molecule has 2 aliphatic rings. The van der Waals surface area contributed by atoms with Crippen LogP contribution in [0.4, 0.5) is 0 Å². The minimum atomic E-state index is 0.174. The molecule has 1 fully saturated rings. The Morgan fingerprint density at radius 3 is 2.71 bits per heavy atom. The molecular weight excluding hydrogens is 214 g/mol. The Morgan fingerprint density at radius 1 is 1.41 bits per heavy atom. The molecule has 1 aromatic rings. The van der Waals surface area contributed by atoms with Gasteiger partial charge in [0.2, 0.25) is 5.91 Å². The lowest BCUT2D eigenvalue weighted by Gasteiger charge is -2.18. The van der Waals surface area contributed by atoms with Crippen molar-refractivity contribution in [3.63, 3.8) is 0 Å². The van der Waals surface area contributed by atoms with Crippen LogP contribution >= 0.6 is 0 Å². The second-order valence-corrected chi connectivity index (χ2v) is 5.80. The SMILES string of the molecule is CC(C)c1cc2n(n1)CC(=O)N(C)CC21CC1. The summed E-state index contributed by atoms with van der Waals surface area (Å²) >= 11 is 0. The molecule has 0 radical (unpaired) electrons. The quantitative estimate of drug-likeness (QED) is 0.737. The van der Waals surface area contributed by atoms with Crippen molar-refractivity contribution in [3.8, 4) is 0 Å². The molecule has 92 valence electrons. The smallest absolute Gasteiger partial charge is 0.244 e. The summed E-state index contributed by atoms with van der Waals surface area (Å²) < 4.78 is 1.94. The fourth-order valence-corrected chi connectivity index (χ4v) is 2.70. The van der Waals surface area contributed by atoms with E-state index in [9.17, 15) is 4.79 Å². The van der Waals surface area contributed by atoms with Crippen LogP contribution in [0.3, 0.4) is 0 Å². The minimum Gasteiger partial charge on any atom is -0.343 e. The van der Waals surface area contributed by atoms with Crippen LogP contribution in [0.25, 0.3) is 0 Å². The van der Waals surface area contributed by atoms with Crippen molar-refractivity contribution in [2.24, 2.45) is 0 Å². The molecular formula is C13H19N3O. The van der Waals surface area contributed by atoms with Crippen LogP contribution in [0.15, 0.2) is 6.07 Å². The van der Waals surface area contributed by atoms with Gasteiger partial charge >= 0.3 is 0 Å². The Hall–Kier alpha value is -1.32. The van der Waals surface area contributed by atoms with Crippen molar-refractivity contribution >= 4 is 5.91 Å². The Morgan fingerprint density at radius 2 is 2.12 bits per heavy atom. The zero-order chi connectivity index (χ0) is 12.2. The first-order valence-electron chi connectivity index (χ1n) is 6.34. The first kappa shape index (κ1) is 10.8. The lowest BCUT2D eigenvalue weighted by molar-refractivity contribution is -0.130. The van der Waals surface area contributed by atoms with Gasteiger partial charge in [0.05, 0.1) is 5.69 Å². The highest BCUT2D eigenvalue weighted by Crippen LogP contribution is 2.49. The van der Waals surface area contributed by atoms with Crippen molar-refractivity contribution in [2.45, 2.75) is 44.6 Å². The molecule has 4 heteroatoms. The summed E-state index contributed by atoms with van der Waals surface area (Å²) in [6.07, 6.45) is 2.38. The van der Waals surface area contributed by atoms with E-state index in [0.717, 1.165) is 12.2 Å². The number of hydrogen-bond acceptors (Lipinski definition) is 2. The van der Waals surface area contributed by atoms with E-state index in [4.69, 9.17) is 0 Å². The maximum Gasteiger partial charge on any atom is 0.244 e. The van der Waals surface area contributed by atoms with E-state index in [1.54, 1.807) is 0 Å². The summed E-state index contributed by atoms with van der Waals surface area (Å²) in [5, 5.41) is 4.60. The van der Waals surface area contributed by atoms with Gasteiger partial charge in [-0.1, -0.05) is 13.8 Å². The van der Waals surface area contributed by atoms with Crippen molar-refractivity contribution in [3.05, 3.63) is 17.5 Å². The molecule has 0 aromatic carbocycles. The van der Waals surface area contributed by atoms with E-state index in [-0.39, 0.29) is 11.3 Å².